The molecule has 0 aliphatic heterocycles. The minimum atomic E-state index is -2.14. The van der Waals surface area contributed by atoms with Crippen LogP contribution in [0.5, 0.6) is 0 Å². The molecule has 0 aliphatic carbocycles. The van der Waals surface area contributed by atoms with Gasteiger partial charge in [-0.25, -0.2) is 18.3 Å². The molecule has 70 heavy (non-hydrogen) atoms. The maximum Gasteiger partial charge on any atom is 0.212 e. The average molecular weight is 939 g/mol. The van der Waals surface area contributed by atoms with Gasteiger partial charge in [0.2, 0.25) is 22.8 Å². The summed E-state index contributed by atoms with van der Waals surface area (Å²) < 4.78 is 53.1. The predicted molar refractivity (Wildman–Crippen MR) is 297 cm³/mol. The van der Waals surface area contributed by atoms with Crippen LogP contribution in [-0.2, 0) is 28.2 Å². The SMILES string of the molecule is Cc1cc(-c2ccc(C(C)C)cc2C)[n+](C)cc1C.Cc1ccc(-c2cc(C)c(C)c[n+]2C)c(C)c1.Cc1ccc(-c2ccc(C(C)C)c[n+]2C)c(C)c1.[2H]C([2H])([2H])c1ccc(-c2ccc(C([2H])([2H])[2H])c[n+]2C)c(C)c1. The Labute approximate surface area is 432 Å². The highest BCUT2D eigenvalue weighted by Crippen LogP contribution is 2.27. The number of aryl methyl sites for hydroxylation is 16. The van der Waals surface area contributed by atoms with E-state index in [4.69, 9.17) is 8.22 Å². The lowest BCUT2D eigenvalue weighted by Gasteiger charge is -2.11. The number of aromatic nitrogens is 4. The van der Waals surface area contributed by atoms with Crippen molar-refractivity contribution in [1.29, 1.82) is 0 Å². The zero-order chi connectivity index (χ0) is 56.7. The van der Waals surface area contributed by atoms with Crippen molar-refractivity contribution in [3.05, 3.63) is 212 Å². The third kappa shape index (κ3) is 13.8. The molecule has 4 aromatic carbocycles. The second-order valence-electron chi connectivity index (χ2n) is 20.2. The molecule has 8 rings (SSSR count). The Bertz CT molecular complexity index is 3280. The third-order valence-corrected chi connectivity index (χ3v) is 13.5. The molecule has 4 heteroatoms. The summed E-state index contributed by atoms with van der Waals surface area (Å²) in [5.41, 5.74) is 25.8. The van der Waals surface area contributed by atoms with E-state index in [1.165, 1.54) is 95.0 Å². The van der Waals surface area contributed by atoms with Crippen molar-refractivity contribution >= 4 is 0 Å². The smallest absolute Gasteiger partial charge is 0.201 e. The van der Waals surface area contributed by atoms with Crippen molar-refractivity contribution in [2.45, 2.75) is 122 Å². The number of rotatable bonds is 6. The van der Waals surface area contributed by atoms with Crippen molar-refractivity contribution < 1.29 is 26.5 Å². The van der Waals surface area contributed by atoms with Gasteiger partial charge in [0.25, 0.3) is 0 Å². The molecular formula is C66H84N4+4. The lowest BCUT2D eigenvalue weighted by Crippen LogP contribution is -2.31. The van der Waals surface area contributed by atoms with Crippen molar-refractivity contribution in [3.8, 4) is 45.0 Å². The number of nitrogens with zero attached hydrogens (tertiary/aromatic N) is 4. The van der Waals surface area contributed by atoms with Gasteiger partial charge in [-0.3, -0.25) is 0 Å². The van der Waals surface area contributed by atoms with Gasteiger partial charge in [-0.1, -0.05) is 92.9 Å². The minimum absolute atomic E-state index is 0.274. The molecule has 364 valence electrons. The molecule has 0 atom stereocenters. The molecule has 0 bridgehead atoms. The van der Waals surface area contributed by atoms with Gasteiger partial charge in [-0.05, 0) is 170 Å². The van der Waals surface area contributed by atoms with Crippen LogP contribution in [0.25, 0.3) is 45.0 Å². The summed E-state index contributed by atoms with van der Waals surface area (Å²) in [5.74, 6) is 1.16. The topological polar surface area (TPSA) is 15.5 Å². The Hall–Kier alpha value is -6.52. The molecule has 0 amide bonds. The molecular weight excluding hydrogens is 849 g/mol. The summed E-state index contributed by atoms with van der Waals surface area (Å²) in [6, 6.07) is 37.5. The molecule has 0 fully saturated rings. The molecule has 4 aromatic heterocycles. The van der Waals surface area contributed by atoms with Crippen molar-refractivity contribution in [2.75, 3.05) is 0 Å². The van der Waals surface area contributed by atoms with Gasteiger partial charge in [-0.2, -0.15) is 0 Å². The summed E-state index contributed by atoms with van der Waals surface area (Å²) in [6.07, 6.45) is 8.23. The lowest BCUT2D eigenvalue weighted by atomic mass is 9.95. The minimum Gasteiger partial charge on any atom is -0.201 e. The van der Waals surface area contributed by atoms with E-state index in [-0.39, 0.29) is 5.56 Å². The fourth-order valence-electron chi connectivity index (χ4n) is 8.92. The Balaban J connectivity index is 0.000000188. The van der Waals surface area contributed by atoms with Gasteiger partial charge in [0, 0.05) is 77.0 Å². The maximum atomic E-state index is 7.45. The van der Waals surface area contributed by atoms with Crippen LogP contribution in [0.4, 0.5) is 0 Å². The molecule has 4 heterocycles. The molecule has 0 spiro atoms. The van der Waals surface area contributed by atoms with E-state index < -0.39 is 13.7 Å². The Morgan fingerprint density at radius 2 is 0.643 bits per heavy atom. The van der Waals surface area contributed by atoms with Crippen molar-refractivity contribution in [1.82, 2.24) is 0 Å². The monoisotopic (exact) mass is 939 g/mol. The number of hydrogen-bond acceptors (Lipinski definition) is 0. The highest BCUT2D eigenvalue weighted by molar-refractivity contribution is 5.65. The van der Waals surface area contributed by atoms with Crippen molar-refractivity contribution in [2.24, 2.45) is 28.2 Å². The Morgan fingerprint density at radius 3 is 1.04 bits per heavy atom. The predicted octanol–water partition coefficient (Wildman–Crippen LogP) is 14.7. The van der Waals surface area contributed by atoms with Crippen LogP contribution in [0.2, 0.25) is 0 Å². The first-order valence-electron chi connectivity index (χ1n) is 27.7. The average Bonchev–Trinajstić information content (AvgIpc) is 3.32. The normalized spacial score (nSPS) is 12.5. The molecule has 0 radical (unpaired) electrons. The van der Waals surface area contributed by atoms with Crippen LogP contribution in [0.15, 0.2) is 134 Å². The Kier molecular flexibility index (Phi) is 15.6. The van der Waals surface area contributed by atoms with Crippen LogP contribution < -0.4 is 18.3 Å². The second-order valence-corrected chi connectivity index (χ2v) is 20.2. The standard InChI is InChI=1S/C18H24N.C17H22N.C16H20N.C15H18N/c1-12(2)16-7-8-17(14(4)9-16)18-10-13(3)15(5)11-19(18)6;1-12(2)15-7-9-17(18(5)11-15)16-8-6-13(3)10-14(16)4;1-11-6-7-15(13(3)8-11)16-9-12(2)14(4)10-17(16)5;1-11-5-7-14(13(3)9-11)15-8-6-12(2)10-16(15)4/h7-12H,1-6H3;6-12H,1-5H3;6-10H,1-5H3;5-10H,1-4H3/q4*+1/i;;;1D3,2D3. The van der Waals surface area contributed by atoms with Gasteiger partial charge < -0.3 is 0 Å². The summed E-state index contributed by atoms with van der Waals surface area (Å²) in [5, 5.41) is 0. The zero-order valence-electron chi connectivity index (χ0n) is 51.6. The summed E-state index contributed by atoms with van der Waals surface area (Å²) in [7, 11) is 8.14. The molecule has 0 aliphatic rings. The molecule has 8 aromatic rings. The first-order valence-corrected chi connectivity index (χ1v) is 24.7. The van der Waals surface area contributed by atoms with E-state index in [0.29, 0.717) is 17.4 Å². The number of hydrogen-bond donors (Lipinski definition) is 0. The summed E-state index contributed by atoms with van der Waals surface area (Å²) in [4.78, 5) is 0. The first kappa shape index (κ1) is 45.9. The molecule has 0 N–H and O–H groups in total. The van der Waals surface area contributed by atoms with Gasteiger partial charge in [0.1, 0.15) is 28.2 Å². The van der Waals surface area contributed by atoms with Crippen LogP contribution in [0, 0.1) is 82.9 Å². The highest BCUT2D eigenvalue weighted by atomic mass is 14.9. The zero-order valence-corrected chi connectivity index (χ0v) is 45.6. The second kappa shape index (κ2) is 23.9. The lowest BCUT2D eigenvalue weighted by molar-refractivity contribution is -0.661. The summed E-state index contributed by atoms with van der Waals surface area (Å²) >= 11 is 0. The number of benzene rings is 4. The first-order chi connectivity index (χ1) is 35.4. The largest absolute Gasteiger partial charge is 0.212 e. The molecule has 0 unspecified atom stereocenters. The van der Waals surface area contributed by atoms with E-state index in [1.807, 2.05) is 6.92 Å². The maximum absolute atomic E-state index is 7.45. The van der Waals surface area contributed by atoms with Crippen LogP contribution in [-0.4, -0.2) is 0 Å². The Morgan fingerprint density at radius 1 is 0.300 bits per heavy atom. The summed E-state index contributed by atoms with van der Waals surface area (Å²) in [6.45, 7) is 26.0. The molecule has 0 saturated carbocycles. The highest BCUT2D eigenvalue weighted by Gasteiger charge is 2.18. The van der Waals surface area contributed by atoms with E-state index in [1.54, 1.807) is 48.1 Å². The van der Waals surface area contributed by atoms with E-state index in [2.05, 4.69) is 222 Å². The van der Waals surface area contributed by atoms with Gasteiger partial charge >= 0.3 is 0 Å². The van der Waals surface area contributed by atoms with Crippen LogP contribution in [0.1, 0.15) is 126 Å². The van der Waals surface area contributed by atoms with Crippen LogP contribution in [0.3, 0.4) is 0 Å². The van der Waals surface area contributed by atoms with Gasteiger partial charge in [0.15, 0.2) is 24.8 Å². The van der Waals surface area contributed by atoms with Gasteiger partial charge in [-0.15, -0.1) is 0 Å². The van der Waals surface area contributed by atoms with Gasteiger partial charge in [0.05, 0.1) is 0 Å². The molecule has 4 nitrogen and oxygen atoms in total. The van der Waals surface area contributed by atoms with E-state index in [9.17, 15) is 0 Å². The van der Waals surface area contributed by atoms with Crippen molar-refractivity contribution in [3.63, 3.8) is 0 Å². The van der Waals surface area contributed by atoms with E-state index in [0.717, 1.165) is 16.8 Å². The van der Waals surface area contributed by atoms with Crippen LogP contribution >= 0.6 is 0 Å². The quantitative estimate of drug-likeness (QED) is 0.148. The fourth-order valence-corrected chi connectivity index (χ4v) is 8.92. The number of pyridine rings is 4. The fraction of sp³-hybridized carbons (Fsp3) is 0.333. The van der Waals surface area contributed by atoms with E-state index >= 15 is 0 Å². The third-order valence-electron chi connectivity index (χ3n) is 13.5. The molecule has 0 saturated heterocycles.